The van der Waals surface area contributed by atoms with E-state index in [0.29, 0.717) is 11.9 Å². The first-order chi connectivity index (χ1) is 9.35. The van der Waals surface area contributed by atoms with Crippen molar-refractivity contribution in [2.75, 3.05) is 13.7 Å². The van der Waals surface area contributed by atoms with Gasteiger partial charge in [0.2, 0.25) is 5.88 Å². The molecule has 0 radical (unpaired) electrons. The number of pyridine rings is 1. The van der Waals surface area contributed by atoms with E-state index in [4.69, 9.17) is 4.74 Å². The molecule has 19 heavy (non-hydrogen) atoms. The molecule has 3 aliphatic heterocycles. The second-order valence-corrected chi connectivity index (χ2v) is 6.13. The van der Waals surface area contributed by atoms with Crippen molar-refractivity contribution in [1.29, 1.82) is 0 Å². The Labute approximate surface area is 113 Å². The minimum Gasteiger partial charge on any atom is -0.481 e. The summed E-state index contributed by atoms with van der Waals surface area (Å²) in [5.74, 6) is 2.37. The SMILES string of the molecule is COc1ccc(CC2NCC3C4CCC(N4)C23)cn1. The van der Waals surface area contributed by atoms with Gasteiger partial charge in [-0.2, -0.15) is 0 Å². The molecule has 0 aliphatic carbocycles. The van der Waals surface area contributed by atoms with Gasteiger partial charge in [0.05, 0.1) is 7.11 Å². The van der Waals surface area contributed by atoms with Gasteiger partial charge in [-0.15, -0.1) is 0 Å². The summed E-state index contributed by atoms with van der Waals surface area (Å²) in [6.45, 7) is 1.19. The van der Waals surface area contributed by atoms with Crippen LogP contribution in [0.4, 0.5) is 0 Å². The van der Waals surface area contributed by atoms with E-state index in [2.05, 4.69) is 21.7 Å². The lowest BCUT2D eigenvalue weighted by molar-refractivity contribution is 0.309. The van der Waals surface area contributed by atoms with E-state index in [-0.39, 0.29) is 0 Å². The van der Waals surface area contributed by atoms with Crippen LogP contribution in [0.5, 0.6) is 5.88 Å². The van der Waals surface area contributed by atoms with Crippen LogP contribution in [0, 0.1) is 11.8 Å². The van der Waals surface area contributed by atoms with E-state index in [9.17, 15) is 0 Å². The van der Waals surface area contributed by atoms with Crippen molar-refractivity contribution in [3.63, 3.8) is 0 Å². The zero-order valence-corrected chi connectivity index (χ0v) is 11.3. The molecule has 1 aromatic heterocycles. The van der Waals surface area contributed by atoms with E-state index >= 15 is 0 Å². The van der Waals surface area contributed by atoms with Crippen LogP contribution in [0.15, 0.2) is 18.3 Å². The molecule has 102 valence electrons. The zero-order chi connectivity index (χ0) is 12.8. The first-order valence-electron chi connectivity index (χ1n) is 7.33. The van der Waals surface area contributed by atoms with Crippen molar-refractivity contribution in [2.45, 2.75) is 37.4 Å². The molecule has 4 heteroatoms. The lowest BCUT2D eigenvalue weighted by Crippen LogP contribution is -2.37. The Kier molecular flexibility index (Phi) is 2.74. The van der Waals surface area contributed by atoms with Gasteiger partial charge in [-0.3, -0.25) is 0 Å². The van der Waals surface area contributed by atoms with Crippen LogP contribution in [0.25, 0.3) is 0 Å². The lowest BCUT2D eigenvalue weighted by atomic mass is 9.77. The van der Waals surface area contributed by atoms with E-state index in [1.165, 1.54) is 24.9 Å². The molecule has 0 amide bonds. The molecule has 3 saturated heterocycles. The van der Waals surface area contributed by atoms with E-state index in [1.807, 2.05) is 12.3 Å². The van der Waals surface area contributed by atoms with Crippen LogP contribution in [-0.4, -0.2) is 36.8 Å². The van der Waals surface area contributed by atoms with Gasteiger partial charge in [-0.1, -0.05) is 6.07 Å². The summed E-state index contributed by atoms with van der Waals surface area (Å²) in [5.41, 5.74) is 1.31. The molecule has 4 heterocycles. The maximum absolute atomic E-state index is 5.11. The Morgan fingerprint density at radius 2 is 2.21 bits per heavy atom. The van der Waals surface area contributed by atoms with Gasteiger partial charge < -0.3 is 15.4 Å². The van der Waals surface area contributed by atoms with Crippen molar-refractivity contribution in [3.05, 3.63) is 23.9 Å². The number of ether oxygens (including phenoxy) is 1. The van der Waals surface area contributed by atoms with Gasteiger partial charge in [-0.25, -0.2) is 4.98 Å². The molecule has 3 fully saturated rings. The number of fused-ring (bicyclic) bond motifs is 5. The first kappa shape index (κ1) is 11.7. The van der Waals surface area contributed by atoms with E-state index < -0.39 is 0 Å². The van der Waals surface area contributed by atoms with Gasteiger partial charge in [0, 0.05) is 36.9 Å². The normalized spacial score (nSPS) is 39.5. The number of nitrogens with zero attached hydrogens (tertiary/aromatic N) is 1. The molecule has 3 aliphatic rings. The smallest absolute Gasteiger partial charge is 0.212 e. The van der Waals surface area contributed by atoms with Crippen LogP contribution >= 0.6 is 0 Å². The molecule has 2 N–H and O–H groups in total. The van der Waals surface area contributed by atoms with Gasteiger partial charge in [0.15, 0.2) is 0 Å². The monoisotopic (exact) mass is 259 g/mol. The number of rotatable bonds is 3. The fourth-order valence-corrected chi connectivity index (χ4v) is 4.40. The van der Waals surface area contributed by atoms with Crippen LogP contribution in [0.1, 0.15) is 18.4 Å². The average molecular weight is 259 g/mol. The second-order valence-electron chi connectivity index (χ2n) is 6.13. The minimum absolute atomic E-state index is 0.614. The largest absolute Gasteiger partial charge is 0.481 e. The Hall–Kier alpha value is -1.13. The van der Waals surface area contributed by atoms with Crippen molar-refractivity contribution >= 4 is 0 Å². The summed E-state index contributed by atoms with van der Waals surface area (Å²) in [4.78, 5) is 4.31. The molecule has 1 aromatic rings. The molecular weight excluding hydrogens is 238 g/mol. The molecule has 0 spiro atoms. The third-order valence-corrected chi connectivity index (χ3v) is 5.24. The average Bonchev–Trinajstić information content (AvgIpc) is 3.13. The van der Waals surface area contributed by atoms with Gasteiger partial charge >= 0.3 is 0 Å². The third kappa shape index (κ3) is 1.85. The highest BCUT2D eigenvalue weighted by molar-refractivity contribution is 5.21. The van der Waals surface area contributed by atoms with Crippen LogP contribution in [0.3, 0.4) is 0 Å². The second kappa shape index (κ2) is 4.46. The van der Waals surface area contributed by atoms with Gasteiger partial charge in [-0.05, 0) is 36.7 Å². The summed E-state index contributed by atoms with van der Waals surface area (Å²) in [7, 11) is 1.66. The predicted octanol–water partition coefficient (Wildman–Crippen LogP) is 0.971. The zero-order valence-electron chi connectivity index (χ0n) is 11.3. The Morgan fingerprint density at radius 3 is 3.00 bits per heavy atom. The van der Waals surface area contributed by atoms with E-state index in [0.717, 1.165) is 30.3 Å². The molecule has 4 nitrogen and oxygen atoms in total. The first-order valence-corrected chi connectivity index (χ1v) is 7.33. The van der Waals surface area contributed by atoms with Crippen molar-refractivity contribution in [2.24, 2.45) is 11.8 Å². The molecular formula is C15H21N3O. The molecule has 0 aromatic carbocycles. The number of aromatic nitrogens is 1. The van der Waals surface area contributed by atoms with Crippen molar-refractivity contribution in [1.82, 2.24) is 15.6 Å². The number of methoxy groups -OCH3 is 1. The Balaban J connectivity index is 1.48. The standard InChI is InChI=1S/C15H21N3O/c1-19-14-5-2-9(7-17-14)6-13-15-10(8-16-13)11-3-4-12(15)18-11/h2,5,7,10-13,15-16,18H,3-4,6,8H2,1H3. The van der Waals surface area contributed by atoms with Gasteiger partial charge in [0.25, 0.3) is 0 Å². The summed E-state index contributed by atoms with van der Waals surface area (Å²) in [6, 6.07) is 6.24. The fraction of sp³-hybridized carbons (Fsp3) is 0.667. The highest BCUT2D eigenvalue weighted by Gasteiger charge is 2.53. The topological polar surface area (TPSA) is 46.2 Å². The minimum atomic E-state index is 0.614. The summed E-state index contributed by atoms with van der Waals surface area (Å²) in [5, 5.41) is 7.53. The predicted molar refractivity (Wildman–Crippen MR) is 73.2 cm³/mol. The highest BCUT2D eigenvalue weighted by Crippen LogP contribution is 2.43. The lowest BCUT2D eigenvalue weighted by Gasteiger charge is -2.26. The number of nitrogens with one attached hydrogen (secondary N) is 2. The summed E-state index contributed by atoms with van der Waals surface area (Å²) in [6.07, 6.45) is 5.78. The number of hydrogen-bond donors (Lipinski definition) is 2. The van der Waals surface area contributed by atoms with Crippen LogP contribution in [-0.2, 0) is 6.42 Å². The van der Waals surface area contributed by atoms with Crippen LogP contribution < -0.4 is 15.4 Å². The fourth-order valence-electron chi connectivity index (χ4n) is 4.40. The number of hydrogen-bond acceptors (Lipinski definition) is 4. The molecule has 5 unspecified atom stereocenters. The quantitative estimate of drug-likeness (QED) is 0.849. The van der Waals surface area contributed by atoms with Crippen molar-refractivity contribution in [3.8, 4) is 5.88 Å². The van der Waals surface area contributed by atoms with Crippen molar-refractivity contribution < 1.29 is 4.74 Å². The Morgan fingerprint density at radius 1 is 1.32 bits per heavy atom. The summed E-state index contributed by atoms with van der Waals surface area (Å²) >= 11 is 0. The molecule has 2 bridgehead atoms. The third-order valence-electron chi connectivity index (χ3n) is 5.24. The van der Waals surface area contributed by atoms with E-state index in [1.54, 1.807) is 7.11 Å². The van der Waals surface area contributed by atoms with Gasteiger partial charge in [0.1, 0.15) is 0 Å². The molecule has 5 atom stereocenters. The molecule has 0 saturated carbocycles. The molecule has 4 rings (SSSR count). The summed E-state index contributed by atoms with van der Waals surface area (Å²) < 4.78 is 5.11. The van der Waals surface area contributed by atoms with Crippen LogP contribution in [0.2, 0.25) is 0 Å². The maximum Gasteiger partial charge on any atom is 0.212 e. The highest BCUT2D eigenvalue weighted by atomic mass is 16.5. The maximum atomic E-state index is 5.11. The Bertz CT molecular complexity index is 461.